The number of hydrogen-bond acceptors (Lipinski definition) is 5. The summed E-state index contributed by atoms with van der Waals surface area (Å²) in [6.45, 7) is 4.84. The molecule has 0 spiro atoms. The minimum atomic E-state index is -0.845. The molecule has 0 aliphatic heterocycles. The van der Waals surface area contributed by atoms with Crippen LogP contribution in [0.2, 0.25) is 0 Å². The summed E-state index contributed by atoms with van der Waals surface area (Å²) in [5.41, 5.74) is 0. The molecule has 0 aromatic carbocycles. The Bertz CT molecular complexity index is 1190. The SMILES string of the molecule is CCC/C=C\C/C=C\CCCCCCCC(=O)OCCCCCCCCCCCCCC/C=C\CCCCCCCCCCCCCC(=O)NC(CO)C(O)/C=C/CCCCCCCCCCCCCC. The molecule has 0 radical (unpaired) electrons. The smallest absolute Gasteiger partial charge is 0.305 e. The van der Waals surface area contributed by atoms with Crippen molar-refractivity contribution in [3.05, 3.63) is 48.6 Å². The van der Waals surface area contributed by atoms with Crippen molar-refractivity contribution >= 4 is 11.9 Å². The van der Waals surface area contributed by atoms with Crippen LogP contribution >= 0.6 is 0 Å². The highest BCUT2D eigenvalue weighted by Gasteiger charge is 2.18. The van der Waals surface area contributed by atoms with E-state index in [2.05, 4.69) is 55.6 Å². The quantitative estimate of drug-likeness (QED) is 0.0321. The highest BCUT2D eigenvalue weighted by atomic mass is 16.5. The van der Waals surface area contributed by atoms with Crippen molar-refractivity contribution in [3.63, 3.8) is 0 Å². The van der Waals surface area contributed by atoms with Gasteiger partial charge >= 0.3 is 5.97 Å². The first-order chi connectivity index (χ1) is 35.0. The van der Waals surface area contributed by atoms with Gasteiger partial charge in [-0.05, 0) is 83.5 Å². The number of rotatable bonds is 58. The van der Waals surface area contributed by atoms with Crippen LogP contribution in [-0.2, 0) is 14.3 Å². The molecular weight excluding hydrogens is 875 g/mol. The maximum absolute atomic E-state index is 12.5. The standard InChI is InChI=1S/C65H121NO5/c1-3-5-7-9-11-13-15-17-34-37-41-45-49-53-57-63(68)62(61-67)66-64(69)58-54-50-46-42-38-35-31-29-27-25-23-21-19-18-20-22-24-26-28-30-32-36-40-44-48-52-56-60-71-65(70)59-55-51-47-43-39-33-16-14-12-10-8-6-4-2/h8,10,14,16,18-19,53,57,62-63,67-68H,3-7,9,11-13,15,17,20-52,54-56,58-61H2,1-2H3,(H,66,69)/b10-8-,16-14-,19-18-,57-53+. The number of nitrogens with one attached hydrogen (secondary N) is 1. The zero-order valence-corrected chi connectivity index (χ0v) is 47.5. The van der Waals surface area contributed by atoms with E-state index >= 15 is 0 Å². The number of carbonyl (C=O) groups excluding carboxylic acids is 2. The maximum atomic E-state index is 12.5. The number of carbonyl (C=O) groups is 2. The predicted molar refractivity (Wildman–Crippen MR) is 310 cm³/mol. The number of unbranched alkanes of at least 4 members (excludes halogenated alkanes) is 41. The van der Waals surface area contributed by atoms with Gasteiger partial charge in [0.15, 0.2) is 0 Å². The Morgan fingerprint density at radius 2 is 0.732 bits per heavy atom. The molecule has 0 saturated heterocycles. The average molecular weight is 997 g/mol. The van der Waals surface area contributed by atoms with Gasteiger partial charge in [-0.2, -0.15) is 0 Å². The fourth-order valence-electron chi connectivity index (χ4n) is 9.49. The molecule has 3 N–H and O–H groups in total. The zero-order valence-electron chi connectivity index (χ0n) is 47.5. The van der Waals surface area contributed by atoms with Crippen LogP contribution in [0.5, 0.6) is 0 Å². The molecule has 0 bridgehead atoms. The number of esters is 1. The van der Waals surface area contributed by atoms with Gasteiger partial charge < -0.3 is 20.3 Å². The van der Waals surface area contributed by atoms with E-state index < -0.39 is 12.1 Å². The average Bonchev–Trinajstić information content (AvgIpc) is 3.37. The van der Waals surface area contributed by atoms with E-state index in [1.165, 1.54) is 250 Å². The van der Waals surface area contributed by atoms with Crippen molar-refractivity contribution in [2.45, 2.75) is 341 Å². The molecule has 2 atom stereocenters. The van der Waals surface area contributed by atoms with Crippen LogP contribution in [0, 0.1) is 0 Å². The second kappa shape index (κ2) is 60.4. The number of amides is 1. The summed E-state index contributed by atoms with van der Waals surface area (Å²) >= 11 is 0. The molecule has 0 rings (SSSR count). The monoisotopic (exact) mass is 996 g/mol. The third-order valence-corrected chi connectivity index (χ3v) is 14.3. The molecule has 416 valence electrons. The lowest BCUT2D eigenvalue weighted by Crippen LogP contribution is -2.45. The van der Waals surface area contributed by atoms with Crippen LogP contribution < -0.4 is 5.32 Å². The van der Waals surface area contributed by atoms with Gasteiger partial charge in [-0.15, -0.1) is 0 Å². The highest BCUT2D eigenvalue weighted by molar-refractivity contribution is 5.76. The van der Waals surface area contributed by atoms with Gasteiger partial charge in [0, 0.05) is 12.8 Å². The third-order valence-electron chi connectivity index (χ3n) is 14.3. The van der Waals surface area contributed by atoms with Crippen LogP contribution in [0.4, 0.5) is 0 Å². The van der Waals surface area contributed by atoms with E-state index in [0.29, 0.717) is 19.4 Å². The number of allylic oxidation sites excluding steroid dienone is 7. The van der Waals surface area contributed by atoms with E-state index in [1.807, 2.05) is 6.08 Å². The van der Waals surface area contributed by atoms with Crippen molar-refractivity contribution in [3.8, 4) is 0 Å². The predicted octanol–water partition coefficient (Wildman–Crippen LogP) is 19.7. The van der Waals surface area contributed by atoms with Gasteiger partial charge in [0.25, 0.3) is 0 Å². The molecule has 0 heterocycles. The summed E-state index contributed by atoms with van der Waals surface area (Å²) in [5.74, 6) is -0.0695. The molecule has 0 aromatic heterocycles. The van der Waals surface area contributed by atoms with E-state index in [9.17, 15) is 19.8 Å². The fraction of sp³-hybridized carbons (Fsp3) is 0.846. The molecular formula is C65H121NO5. The molecule has 0 aliphatic rings. The summed E-state index contributed by atoms with van der Waals surface area (Å²) in [4.78, 5) is 24.5. The summed E-state index contributed by atoms with van der Waals surface area (Å²) in [7, 11) is 0. The van der Waals surface area contributed by atoms with Crippen LogP contribution in [0.1, 0.15) is 328 Å². The molecule has 6 heteroatoms. The lowest BCUT2D eigenvalue weighted by Gasteiger charge is -2.20. The Morgan fingerprint density at radius 1 is 0.394 bits per heavy atom. The van der Waals surface area contributed by atoms with Crippen LogP contribution in [0.25, 0.3) is 0 Å². The second-order valence-electron chi connectivity index (χ2n) is 21.4. The van der Waals surface area contributed by atoms with Crippen molar-refractivity contribution in [2.24, 2.45) is 0 Å². The van der Waals surface area contributed by atoms with Gasteiger partial charge in [0.05, 0.1) is 25.4 Å². The number of hydrogen-bond donors (Lipinski definition) is 3. The summed E-state index contributed by atoms with van der Waals surface area (Å²) in [6.07, 6.45) is 77.3. The molecule has 71 heavy (non-hydrogen) atoms. The highest BCUT2D eigenvalue weighted by Crippen LogP contribution is 2.17. The van der Waals surface area contributed by atoms with Gasteiger partial charge in [-0.25, -0.2) is 0 Å². The van der Waals surface area contributed by atoms with Gasteiger partial charge in [-0.1, -0.05) is 281 Å². The largest absolute Gasteiger partial charge is 0.466 e. The van der Waals surface area contributed by atoms with Crippen molar-refractivity contribution in [2.75, 3.05) is 13.2 Å². The summed E-state index contributed by atoms with van der Waals surface area (Å²) in [6, 6.07) is -0.628. The van der Waals surface area contributed by atoms with Crippen LogP contribution in [0.3, 0.4) is 0 Å². The first-order valence-electron chi connectivity index (χ1n) is 31.4. The lowest BCUT2D eigenvalue weighted by molar-refractivity contribution is -0.143. The summed E-state index contributed by atoms with van der Waals surface area (Å²) < 4.78 is 5.47. The molecule has 2 unspecified atom stereocenters. The molecule has 0 aromatic rings. The Balaban J connectivity index is 3.41. The van der Waals surface area contributed by atoms with Gasteiger partial charge in [0.1, 0.15) is 0 Å². The lowest BCUT2D eigenvalue weighted by atomic mass is 10.0. The normalized spacial score (nSPS) is 12.9. The van der Waals surface area contributed by atoms with E-state index in [1.54, 1.807) is 6.08 Å². The Kier molecular flexibility index (Phi) is 58.5. The zero-order chi connectivity index (χ0) is 51.4. The van der Waals surface area contributed by atoms with E-state index in [0.717, 1.165) is 51.4 Å². The Morgan fingerprint density at radius 3 is 1.14 bits per heavy atom. The van der Waals surface area contributed by atoms with Crippen molar-refractivity contribution < 1.29 is 24.5 Å². The number of aliphatic hydroxyl groups is 2. The van der Waals surface area contributed by atoms with E-state index in [-0.39, 0.29) is 18.5 Å². The summed E-state index contributed by atoms with van der Waals surface area (Å²) in [5, 5.41) is 23.1. The fourth-order valence-corrected chi connectivity index (χ4v) is 9.49. The number of ether oxygens (including phenoxy) is 1. The Labute approximate surface area is 442 Å². The molecule has 0 fully saturated rings. The topological polar surface area (TPSA) is 95.9 Å². The third kappa shape index (κ3) is 57.0. The molecule has 0 aliphatic carbocycles. The van der Waals surface area contributed by atoms with Crippen LogP contribution in [0.15, 0.2) is 48.6 Å². The van der Waals surface area contributed by atoms with E-state index in [4.69, 9.17) is 4.74 Å². The van der Waals surface area contributed by atoms with Gasteiger partial charge in [0.2, 0.25) is 5.91 Å². The molecule has 1 amide bonds. The van der Waals surface area contributed by atoms with Crippen molar-refractivity contribution in [1.29, 1.82) is 0 Å². The first-order valence-corrected chi connectivity index (χ1v) is 31.4. The first kappa shape index (κ1) is 68.8. The second-order valence-corrected chi connectivity index (χ2v) is 21.4. The Hall–Kier alpha value is -2.18. The van der Waals surface area contributed by atoms with Crippen LogP contribution in [-0.4, -0.2) is 47.4 Å². The maximum Gasteiger partial charge on any atom is 0.305 e. The number of aliphatic hydroxyl groups excluding tert-OH is 2. The molecule has 0 saturated carbocycles. The minimum Gasteiger partial charge on any atom is -0.466 e. The van der Waals surface area contributed by atoms with Gasteiger partial charge in [-0.3, -0.25) is 9.59 Å². The molecule has 6 nitrogen and oxygen atoms in total. The minimum absolute atomic E-state index is 0.00105. The van der Waals surface area contributed by atoms with Crippen molar-refractivity contribution in [1.82, 2.24) is 5.32 Å².